The first-order valence-electron chi connectivity index (χ1n) is 7.97. The molecule has 0 amide bonds. The second-order valence-electron chi connectivity index (χ2n) is 5.09. The number of para-hydroxylation sites is 1. The Morgan fingerprint density at radius 3 is 2.54 bits per heavy atom. The van der Waals surface area contributed by atoms with Crippen LogP contribution in [0.2, 0.25) is 0 Å². The van der Waals surface area contributed by atoms with Crippen LogP contribution in [0, 0.1) is 0 Å². The van der Waals surface area contributed by atoms with Gasteiger partial charge in [-0.3, -0.25) is 4.99 Å². The molecular formula is C16H27N3O4S. The van der Waals surface area contributed by atoms with Gasteiger partial charge in [-0.1, -0.05) is 18.2 Å². The van der Waals surface area contributed by atoms with E-state index in [2.05, 4.69) is 15.6 Å². The maximum absolute atomic E-state index is 11.0. The van der Waals surface area contributed by atoms with E-state index in [1.54, 1.807) is 0 Å². The van der Waals surface area contributed by atoms with Gasteiger partial charge in [-0.25, -0.2) is 8.42 Å². The molecule has 0 radical (unpaired) electrons. The molecule has 8 heteroatoms. The summed E-state index contributed by atoms with van der Waals surface area (Å²) in [7, 11) is -2.97. The van der Waals surface area contributed by atoms with Crippen molar-refractivity contribution >= 4 is 15.8 Å². The monoisotopic (exact) mass is 357 g/mol. The first-order chi connectivity index (χ1) is 11.5. The van der Waals surface area contributed by atoms with E-state index in [9.17, 15) is 8.42 Å². The molecule has 0 atom stereocenters. The van der Waals surface area contributed by atoms with Gasteiger partial charge in [0.1, 0.15) is 22.2 Å². The van der Waals surface area contributed by atoms with Crippen molar-refractivity contribution in [3.8, 4) is 5.75 Å². The van der Waals surface area contributed by atoms with Gasteiger partial charge < -0.3 is 20.1 Å². The molecule has 0 heterocycles. The third-order valence-electron chi connectivity index (χ3n) is 2.85. The predicted molar refractivity (Wildman–Crippen MR) is 96.4 cm³/mol. The van der Waals surface area contributed by atoms with Crippen molar-refractivity contribution in [2.45, 2.75) is 6.92 Å². The second-order valence-corrected chi connectivity index (χ2v) is 7.35. The Morgan fingerprint density at radius 2 is 1.88 bits per heavy atom. The molecule has 24 heavy (non-hydrogen) atoms. The van der Waals surface area contributed by atoms with E-state index in [-0.39, 0.29) is 12.4 Å². The highest BCUT2D eigenvalue weighted by Crippen LogP contribution is 2.07. The average molecular weight is 357 g/mol. The first-order valence-corrected chi connectivity index (χ1v) is 10.0. The van der Waals surface area contributed by atoms with Crippen molar-refractivity contribution in [2.24, 2.45) is 4.99 Å². The Bertz CT molecular complexity index is 576. The molecule has 1 rings (SSSR count). The molecule has 0 aromatic heterocycles. The number of hydrogen-bond donors (Lipinski definition) is 2. The van der Waals surface area contributed by atoms with Gasteiger partial charge in [0.15, 0.2) is 5.96 Å². The van der Waals surface area contributed by atoms with Gasteiger partial charge in [-0.2, -0.15) is 0 Å². The highest BCUT2D eigenvalue weighted by molar-refractivity contribution is 7.90. The molecule has 0 bridgehead atoms. The highest BCUT2D eigenvalue weighted by atomic mass is 32.2. The minimum atomic E-state index is -2.97. The lowest BCUT2D eigenvalue weighted by atomic mass is 10.3. The smallest absolute Gasteiger partial charge is 0.191 e. The van der Waals surface area contributed by atoms with Gasteiger partial charge in [-0.15, -0.1) is 0 Å². The summed E-state index contributed by atoms with van der Waals surface area (Å²) in [4.78, 5) is 4.36. The Balaban J connectivity index is 2.19. The third-order valence-corrected chi connectivity index (χ3v) is 3.76. The zero-order valence-electron chi connectivity index (χ0n) is 14.3. The van der Waals surface area contributed by atoms with Crippen LogP contribution in [0.15, 0.2) is 35.3 Å². The molecule has 2 N–H and O–H groups in total. The molecule has 0 aliphatic carbocycles. The largest absolute Gasteiger partial charge is 0.492 e. The summed E-state index contributed by atoms with van der Waals surface area (Å²) in [5.41, 5.74) is 0. The van der Waals surface area contributed by atoms with Crippen LogP contribution in [0.4, 0.5) is 0 Å². The molecule has 1 aromatic rings. The number of benzene rings is 1. The van der Waals surface area contributed by atoms with Crippen LogP contribution in [-0.4, -0.2) is 65.8 Å². The summed E-state index contributed by atoms with van der Waals surface area (Å²) in [5.74, 6) is 1.55. The summed E-state index contributed by atoms with van der Waals surface area (Å²) < 4.78 is 32.8. The first kappa shape index (κ1) is 20.2. The third kappa shape index (κ3) is 10.8. The zero-order valence-corrected chi connectivity index (χ0v) is 15.1. The van der Waals surface area contributed by atoms with Crippen molar-refractivity contribution in [1.29, 1.82) is 0 Å². The van der Waals surface area contributed by atoms with Crippen molar-refractivity contribution in [2.75, 3.05) is 51.5 Å². The van der Waals surface area contributed by atoms with E-state index in [4.69, 9.17) is 9.47 Å². The Kier molecular flexibility index (Phi) is 9.86. The number of hydrogen-bond acceptors (Lipinski definition) is 5. The lowest BCUT2D eigenvalue weighted by Gasteiger charge is -2.12. The van der Waals surface area contributed by atoms with Crippen molar-refractivity contribution in [1.82, 2.24) is 10.6 Å². The predicted octanol–water partition coefficient (Wildman–Crippen LogP) is 0.682. The Labute approximate surface area is 144 Å². The van der Waals surface area contributed by atoms with Crippen molar-refractivity contribution < 1.29 is 17.9 Å². The van der Waals surface area contributed by atoms with Gasteiger partial charge >= 0.3 is 0 Å². The quantitative estimate of drug-likeness (QED) is 0.344. The molecule has 0 saturated heterocycles. The van der Waals surface area contributed by atoms with Crippen LogP contribution in [0.1, 0.15) is 6.92 Å². The number of guanidine groups is 1. The van der Waals surface area contributed by atoms with Gasteiger partial charge in [0.05, 0.1) is 32.1 Å². The number of rotatable bonds is 11. The Morgan fingerprint density at radius 1 is 1.12 bits per heavy atom. The van der Waals surface area contributed by atoms with E-state index < -0.39 is 9.84 Å². The molecule has 0 saturated carbocycles. The van der Waals surface area contributed by atoms with E-state index in [0.29, 0.717) is 32.3 Å². The summed E-state index contributed by atoms with van der Waals surface area (Å²) in [6, 6.07) is 9.62. The molecule has 0 aliphatic rings. The normalized spacial score (nSPS) is 12.0. The summed E-state index contributed by atoms with van der Waals surface area (Å²) in [6.45, 7) is 4.92. The fourth-order valence-corrected chi connectivity index (χ4v) is 2.15. The lowest BCUT2D eigenvalue weighted by molar-refractivity contribution is 0.157. The molecule has 1 aromatic carbocycles. The van der Waals surface area contributed by atoms with Crippen LogP contribution in [0.25, 0.3) is 0 Å². The average Bonchev–Trinajstić information content (AvgIpc) is 2.54. The van der Waals surface area contributed by atoms with Crippen LogP contribution >= 0.6 is 0 Å². The SMILES string of the molecule is CCNC(=NCCOCCS(C)(=O)=O)NCCOc1ccccc1. The van der Waals surface area contributed by atoms with Gasteiger partial charge in [-0.05, 0) is 19.1 Å². The summed E-state index contributed by atoms with van der Waals surface area (Å²) in [6.07, 6.45) is 1.19. The molecule has 0 spiro atoms. The summed E-state index contributed by atoms with van der Waals surface area (Å²) >= 11 is 0. The minimum absolute atomic E-state index is 0.0336. The number of aliphatic imine (C=N–C) groups is 1. The van der Waals surface area contributed by atoms with Gasteiger partial charge in [0.2, 0.25) is 0 Å². The van der Waals surface area contributed by atoms with E-state index in [1.165, 1.54) is 6.26 Å². The highest BCUT2D eigenvalue weighted by Gasteiger charge is 2.01. The molecule has 0 unspecified atom stereocenters. The maximum atomic E-state index is 11.0. The van der Waals surface area contributed by atoms with Crippen LogP contribution in [0.3, 0.4) is 0 Å². The standard InChI is InChI=1S/C16H27N3O4S/c1-3-17-16(18-9-11-22-13-14-24(2,20)21)19-10-12-23-15-7-5-4-6-8-15/h4-8H,3,9-14H2,1-2H3,(H2,17,18,19). The number of nitrogens with zero attached hydrogens (tertiary/aromatic N) is 1. The molecule has 136 valence electrons. The maximum Gasteiger partial charge on any atom is 0.191 e. The van der Waals surface area contributed by atoms with Gasteiger partial charge in [0.25, 0.3) is 0 Å². The van der Waals surface area contributed by atoms with Crippen molar-refractivity contribution in [3.05, 3.63) is 30.3 Å². The van der Waals surface area contributed by atoms with Crippen molar-refractivity contribution in [3.63, 3.8) is 0 Å². The van der Waals surface area contributed by atoms with Gasteiger partial charge in [0, 0.05) is 12.8 Å². The number of nitrogens with one attached hydrogen (secondary N) is 2. The van der Waals surface area contributed by atoms with E-state index in [0.717, 1.165) is 12.3 Å². The zero-order chi connectivity index (χ0) is 17.7. The molecule has 0 aliphatic heterocycles. The summed E-state index contributed by atoms with van der Waals surface area (Å²) in [5, 5.41) is 6.30. The molecule has 0 fully saturated rings. The number of ether oxygens (including phenoxy) is 2. The van der Waals surface area contributed by atoms with Crippen LogP contribution in [-0.2, 0) is 14.6 Å². The van der Waals surface area contributed by atoms with Crippen LogP contribution < -0.4 is 15.4 Å². The molecular weight excluding hydrogens is 330 g/mol. The van der Waals surface area contributed by atoms with E-state index in [1.807, 2.05) is 37.3 Å². The number of sulfone groups is 1. The van der Waals surface area contributed by atoms with Crippen LogP contribution in [0.5, 0.6) is 5.75 Å². The fraction of sp³-hybridized carbons (Fsp3) is 0.562. The fourth-order valence-electron chi connectivity index (χ4n) is 1.73. The molecule has 7 nitrogen and oxygen atoms in total. The lowest BCUT2D eigenvalue weighted by Crippen LogP contribution is -2.39. The minimum Gasteiger partial charge on any atom is -0.492 e. The van der Waals surface area contributed by atoms with E-state index >= 15 is 0 Å². The Hall–Kier alpha value is -1.80. The topological polar surface area (TPSA) is 89.0 Å². The second kappa shape index (κ2) is 11.7.